The van der Waals surface area contributed by atoms with E-state index < -0.39 is 0 Å². The lowest BCUT2D eigenvalue weighted by Crippen LogP contribution is -2.20. The highest BCUT2D eigenvalue weighted by Gasteiger charge is 2.11. The van der Waals surface area contributed by atoms with E-state index in [-0.39, 0.29) is 5.56 Å². The lowest BCUT2D eigenvalue weighted by molar-refractivity contribution is 0.662. The number of aryl methyl sites for hydroxylation is 2. The highest BCUT2D eigenvalue weighted by atomic mass is 16.1. The third kappa shape index (κ3) is 1.52. The first-order valence-corrected chi connectivity index (χ1v) is 4.75. The van der Waals surface area contributed by atoms with Gasteiger partial charge < -0.3 is 10.7 Å². The predicted molar refractivity (Wildman–Crippen MR) is 51.6 cm³/mol. The molecule has 0 aliphatic heterocycles. The average Bonchev–Trinajstić information content (AvgIpc) is 2.17. The number of hydrogen-bond donors (Lipinski definition) is 2. The van der Waals surface area contributed by atoms with Crippen LogP contribution in [0, 0.1) is 0 Å². The van der Waals surface area contributed by atoms with Crippen molar-refractivity contribution in [1.29, 1.82) is 0 Å². The van der Waals surface area contributed by atoms with Crippen molar-refractivity contribution in [1.82, 2.24) is 4.98 Å². The molecule has 3 nitrogen and oxygen atoms in total. The average molecular weight is 178 g/mol. The van der Waals surface area contributed by atoms with Crippen molar-refractivity contribution in [3.8, 4) is 0 Å². The van der Waals surface area contributed by atoms with Gasteiger partial charge in [-0.05, 0) is 37.3 Å². The van der Waals surface area contributed by atoms with E-state index in [4.69, 9.17) is 5.73 Å². The number of nitrogens with two attached hydrogens (primary N) is 1. The molecule has 1 aromatic rings. The first-order valence-electron chi connectivity index (χ1n) is 4.75. The molecule has 13 heavy (non-hydrogen) atoms. The van der Waals surface area contributed by atoms with E-state index in [0.717, 1.165) is 18.5 Å². The van der Waals surface area contributed by atoms with Crippen LogP contribution in [-0.4, -0.2) is 4.98 Å². The van der Waals surface area contributed by atoms with E-state index >= 15 is 0 Å². The zero-order valence-corrected chi connectivity index (χ0v) is 7.60. The van der Waals surface area contributed by atoms with Crippen LogP contribution in [0.25, 0.3) is 0 Å². The fraction of sp³-hybridized carbons (Fsp3) is 0.500. The molecule has 1 aromatic heterocycles. The number of fused-ring (bicyclic) bond motifs is 1. The summed E-state index contributed by atoms with van der Waals surface area (Å²) in [5.74, 6) is 0. The van der Waals surface area contributed by atoms with Gasteiger partial charge in [-0.1, -0.05) is 0 Å². The van der Waals surface area contributed by atoms with Gasteiger partial charge in [0.1, 0.15) is 0 Å². The van der Waals surface area contributed by atoms with Crippen molar-refractivity contribution < 1.29 is 0 Å². The van der Waals surface area contributed by atoms with Crippen molar-refractivity contribution in [2.24, 2.45) is 5.73 Å². The molecule has 3 heteroatoms. The molecule has 0 aromatic carbocycles. The van der Waals surface area contributed by atoms with Gasteiger partial charge in [0.2, 0.25) is 0 Å². The minimum atomic E-state index is -0.0110. The van der Waals surface area contributed by atoms with Gasteiger partial charge in [0.25, 0.3) is 5.56 Å². The van der Waals surface area contributed by atoms with Crippen LogP contribution in [0.1, 0.15) is 29.7 Å². The second-order valence-corrected chi connectivity index (χ2v) is 3.54. The maximum absolute atomic E-state index is 11.4. The van der Waals surface area contributed by atoms with E-state index in [9.17, 15) is 4.79 Å². The largest absolute Gasteiger partial charge is 0.326 e. The zero-order valence-electron chi connectivity index (χ0n) is 7.60. The number of nitrogens with one attached hydrogen (secondary N) is 1. The second-order valence-electron chi connectivity index (χ2n) is 3.54. The minimum Gasteiger partial charge on any atom is -0.326 e. The van der Waals surface area contributed by atoms with Gasteiger partial charge in [-0.2, -0.15) is 0 Å². The topological polar surface area (TPSA) is 58.9 Å². The van der Waals surface area contributed by atoms with Gasteiger partial charge in [0.05, 0.1) is 0 Å². The summed E-state index contributed by atoms with van der Waals surface area (Å²) in [7, 11) is 0. The Labute approximate surface area is 77.0 Å². The molecule has 2 rings (SSSR count). The summed E-state index contributed by atoms with van der Waals surface area (Å²) in [5, 5.41) is 0. The summed E-state index contributed by atoms with van der Waals surface area (Å²) in [5.41, 5.74) is 8.56. The third-order valence-electron chi connectivity index (χ3n) is 2.63. The van der Waals surface area contributed by atoms with Gasteiger partial charge in [-0.25, -0.2) is 0 Å². The first kappa shape index (κ1) is 8.51. The summed E-state index contributed by atoms with van der Waals surface area (Å²) < 4.78 is 0. The Balaban J connectivity index is 2.51. The Hall–Kier alpha value is -1.09. The van der Waals surface area contributed by atoms with E-state index in [2.05, 4.69) is 4.98 Å². The van der Waals surface area contributed by atoms with E-state index in [0.29, 0.717) is 12.1 Å². The number of rotatable bonds is 1. The molecule has 0 fully saturated rings. The molecule has 0 saturated carbocycles. The van der Waals surface area contributed by atoms with E-state index in [1.807, 2.05) is 6.07 Å². The van der Waals surface area contributed by atoms with E-state index in [1.54, 1.807) is 0 Å². The SMILES string of the molecule is NCc1cc2c([nH]c1=O)CCCC2. The molecule has 0 amide bonds. The van der Waals surface area contributed by atoms with Crippen LogP contribution in [0.15, 0.2) is 10.9 Å². The standard InChI is InChI=1S/C10H14N2O/c11-6-8-5-7-3-1-2-4-9(7)12-10(8)13/h5H,1-4,6,11H2,(H,12,13). The quantitative estimate of drug-likeness (QED) is 0.665. The Morgan fingerprint density at radius 1 is 1.38 bits per heavy atom. The Bertz CT molecular complexity index is 368. The van der Waals surface area contributed by atoms with Crippen LogP contribution >= 0.6 is 0 Å². The molecule has 0 bridgehead atoms. The van der Waals surface area contributed by atoms with Crippen molar-refractivity contribution in [3.05, 3.63) is 33.2 Å². The van der Waals surface area contributed by atoms with Crippen LogP contribution < -0.4 is 11.3 Å². The molecule has 0 spiro atoms. The van der Waals surface area contributed by atoms with Crippen LogP contribution in [0.2, 0.25) is 0 Å². The molecular formula is C10H14N2O. The second kappa shape index (κ2) is 3.34. The number of aromatic nitrogens is 1. The summed E-state index contributed by atoms with van der Waals surface area (Å²) in [4.78, 5) is 14.3. The lowest BCUT2D eigenvalue weighted by atomic mass is 9.95. The summed E-state index contributed by atoms with van der Waals surface area (Å²) in [6.45, 7) is 0.336. The van der Waals surface area contributed by atoms with Gasteiger partial charge >= 0.3 is 0 Å². The Kier molecular flexibility index (Phi) is 2.19. The summed E-state index contributed by atoms with van der Waals surface area (Å²) in [6, 6.07) is 1.97. The number of hydrogen-bond acceptors (Lipinski definition) is 2. The Morgan fingerprint density at radius 2 is 2.15 bits per heavy atom. The van der Waals surface area contributed by atoms with Gasteiger partial charge in [-0.3, -0.25) is 4.79 Å². The molecule has 1 aliphatic carbocycles. The minimum absolute atomic E-state index is 0.0110. The van der Waals surface area contributed by atoms with Crippen LogP contribution in [0.3, 0.4) is 0 Å². The van der Waals surface area contributed by atoms with Crippen LogP contribution in [0.5, 0.6) is 0 Å². The molecule has 0 unspecified atom stereocenters. The van der Waals surface area contributed by atoms with Crippen molar-refractivity contribution in [2.45, 2.75) is 32.2 Å². The molecular weight excluding hydrogens is 164 g/mol. The molecule has 3 N–H and O–H groups in total. The third-order valence-corrected chi connectivity index (χ3v) is 2.63. The van der Waals surface area contributed by atoms with Crippen molar-refractivity contribution in [3.63, 3.8) is 0 Å². The molecule has 0 saturated heterocycles. The van der Waals surface area contributed by atoms with E-state index in [1.165, 1.54) is 18.4 Å². The zero-order chi connectivity index (χ0) is 9.26. The maximum Gasteiger partial charge on any atom is 0.252 e. The van der Waals surface area contributed by atoms with Crippen LogP contribution in [0.4, 0.5) is 0 Å². The molecule has 70 valence electrons. The molecule has 0 radical (unpaired) electrons. The highest BCUT2D eigenvalue weighted by Crippen LogP contribution is 2.18. The van der Waals surface area contributed by atoms with Crippen LogP contribution in [-0.2, 0) is 19.4 Å². The van der Waals surface area contributed by atoms with Crippen molar-refractivity contribution >= 4 is 0 Å². The summed E-state index contributed by atoms with van der Waals surface area (Å²) in [6.07, 6.45) is 4.50. The monoisotopic (exact) mass is 178 g/mol. The smallest absolute Gasteiger partial charge is 0.252 e. The first-order chi connectivity index (χ1) is 6.31. The molecule has 1 heterocycles. The predicted octanol–water partition coefficient (Wildman–Crippen LogP) is 0.712. The highest BCUT2D eigenvalue weighted by molar-refractivity contribution is 5.27. The molecule has 1 aliphatic rings. The van der Waals surface area contributed by atoms with Gasteiger partial charge in [-0.15, -0.1) is 0 Å². The fourth-order valence-corrected chi connectivity index (χ4v) is 1.88. The maximum atomic E-state index is 11.4. The van der Waals surface area contributed by atoms with Crippen molar-refractivity contribution in [2.75, 3.05) is 0 Å². The fourth-order valence-electron chi connectivity index (χ4n) is 1.88. The number of aromatic amines is 1. The van der Waals surface area contributed by atoms with Gasteiger partial charge in [0.15, 0.2) is 0 Å². The molecule has 0 atom stereocenters. The number of pyridine rings is 1. The lowest BCUT2D eigenvalue weighted by Gasteiger charge is -2.15. The Morgan fingerprint density at radius 3 is 2.92 bits per heavy atom. The van der Waals surface area contributed by atoms with Gasteiger partial charge in [0, 0.05) is 17.8 Å². The number of H-pyrrole nitrogens is 1. The summed E-state index contributed by atoms with van der Waals surface area (Å²) >= 11 is 0. The normalized spacial score (nSPS) is 15.5.